The van der Waals surface area contributed by atoms with Crippen LogP contribution in [-0.2, 0) is 10.9 Å². The molecule has 0 amide bonds. The summed E-state index contributed by atoms with van der Waals surface area (Å²) >= 11 is 4.82. The summed E-state index contributed by atoms with van der Waals surface area (Å²) in [6.45, 7) is 0.579. The van der Waals surface area contributed by atoms with E-state index in [1.54, 1.807) is 6.07 Å². The first-order valence-corrected chi connectivity index (χ1v) is 9.17. The van der Waals surface area contributed by atoms with Gasteiger partial charge in [-0.25, -0.2) is 4.98 Å². The van der Waals surface area contributed by atoms with E-state index in [-0.39, 0.29) is 11.4 Å². The van der Waals surface area contributed by atoms with Crippen LogP contribution in [0, 0.1) is 0 Å². The highest BCUT2D eigenvalue weighted by atomic mass is 79.9. The summed E-state index contributed by atoms with van der Waals surface area (Å²) in [7, 11) is 0. The third-order valence-electron chi connectivity index (χ3n) is 3.77. The van der Waals surface area contributed by atoms with E-state index >= 15 is 0 Å². The van der Waals surface area contributed by atoms with Gasteiger partial charge in [0.05, 0.1) is 11.3 Å². The van der Waals surface area contributed by atoms with Gasteiger partial charge in [-0.1, -0.05) is 12.1 Å². The van der Waals surface area contributed by atoms with Crippen molar-refractivity contribution < 1.29 is 17.9 Å². The average molecular weight is 418 g/mol. The summed E-state index contributed by atoms with van der Waals surface area (Å²) in [6, 6.07) is 11.2. The lowest BCUT2D eigenvalue weighted by molar-refractivity contribution is -0.137. The summed E-state index contributed by atoms with van der Waals surface area (Å²) in [5.41, 5.74) is 0.239. The fourth-order valence-corrected chi connectivity index (χ4v) is 4.20. The SMILES string of the molecule is FC(F)(F)c1cccc(SC2CCOC(c3cccc(Br)n3)C2)c1. The van der Waals surface area contributed by atoms with E-state index in [1.807, 2.05) is 18.2 Å². The first-order chi connectivity index (χ1) is 11.4. The van der Waals surface area contributed by atoms with Crippen molar-refractivity contribution in [2.45, 2.75) is 35.3 Å². The summed E-state index contributed by atoms with van der Waals surface area (Å²) in [5.74, 6) is 0. The Morgan fingerprint density at radius 2 is 1.96 bits per heavy atom. The monoisotopic (exact) mass is 417 g/mol. The lowest BCUT2D eigenvalue weighted by Crippen LogP contribution is -2.22. The third-order valence-corrected chi connectivity index (χ3v) is 5.50. The Morgan fingerprint density at radius 3 is 2.71 bits per heavy atom. The average Bonchev–Trinajstić information content (AvgIpc) is 2.55. The van der Waals surface area contributed by atoms with Crippen LogP contribution in [0.1, 0.15) is 30.2 Å². The molecule has 24 heavy (non-hydrogen) atoms. The van der Waals surface area contributed by atoms with Crippen LogP contribution in [0.15, 0.2) is 52.0 Å². The number of rotatable bonds is 3. The number of pyridine rings is 1. The molecule has 1 saturated heterocycles. The highest BCUT2D eigenvalue weighted by molar-refractivity contribution is 9.10. The number of benzene rings is 1. The normalized spacial score (nSPS) is 21.7. The molecule has 0 N–H and O–H groups in total. The highest BCUT2D eigenvalue weighted by Crippen LogP contribution is 2.39. The van der Waals surface area contributed by atoms with Crippen LogP contribution < -0.4 is 0 Å². The molecule has 0 saturated carbocycles. The number of alkyl halides is 3. The maximum atomic E-state index is 12.8. The summed E-state index contributed by atoms with van der Waals surface area (Å²) in [6.07, 6.45) is -2.90. The molecule has 0 spiro atoms. The van der Waals surface area contributed by atoms with E-state index in [0.717, 1.165) is 29.2 Å². The van der Waals surface area contributed by atoms with E-state index in [9.17, 15) is 13.2 Å². The van der Waals surface area contributed by atoms with Crippen molar-refractivity contribution in [2.24, 2.45) is 0 Å². The molecule has 0 bridgehead atoms. The molecule has 0 aliphatic carbocycles. The molecule has 2 heterocycles. The first kappa shape index (κ1) is 17.8. The minimum atomic E-state index is -4.31. The third kappa shape index (κ3) is 4.52. The zero-order chi connectivity index (χ0) is 17.2. The van der Waals surface area contributed by atoms with E-state index in [2.05, 4.69) is 20.9 Å². The van der Waals surface area contributed by atoms with Gasteiger partial charge in [-0.3, -0.25) is 0 Å². The molecule has 2 aromatic rings. The quantitative estimate of drug-likeness (QED) is 0.582. The van der Waals surface area contributed by atoms with E-state index in [0.29, 0.717) is 11.5 Å². The maximum Gasteiger partial charge on any atom is 0.416 e. The van der Waals surface area contributed by atoms with Crippen molar-refractivity contribution in [1.29, 1.82) is 0 Å². The fraction of sp³-hybridized carbons (Fsp3) is 0.353. The molecule has 1 aliphatic rings. The predicted molar refractivity (Wildman–Crippen MR) is 91.0 cm³/mol. The van der Waals surface area contributed by atoms with Gasteiger partial charge >= 0.3 is 6.18 Å². The summed E-state index contributed by atoms with van der Waals surface area (Å²) in [4.78, 5) is 5.06. The topological polar surface area (TPSA) is 22.1 Å². The van der Waals surface area contributed by atoms with Crippen LogP contribution in [0.3, 0.4) is 0 Å². The number of hydrogen-bond donors (Lipinski definition) is 0. The van der Waals surface area contributed by atoms with Gasteiger partial charge in [0, 0.05) is 16.8 Å². The van der Waals surface area contributed by atoms with Crippen LogP contribution in [0.5, 0.6) is 0 Å². The van der Waals surface area contributed by atoms with Crippen LogP contribution >= 0.6 is 27.7 Å². The van der Waals surface area contributed by atoms with Gasteiger partial charge in [-0.15, -0.1) is 11.8 Å². The zero-order valence-corrected chi connectivity index (χ0v) is 15.0. The van der Waals surface area contributed by atoms with Crippen molar-refractivity contribution in [3.8, 4) is 0 Å². The van der Waals surface area contributed by atoms with Crippen LogP contribution in [-0.4, -0.2) is 16.8 Å². The molecule has 1 aromatic heterocycles. The minimum absolute atomic E-state index is 0.125. The number of nitrogens with zero attached hydrogens (tertiary/aromatic N) is 1. The van der Waals surface area contributed by atoms with Gasteiger partial charge in [0.25, 0.3) is 0 Å². The maximum absolute atomic E-state index is 12.8. The number of halogens is 4. The van der Waals surface area contributed by atoms with Gasteiger partial charge < -0.3 is 4.74 Å². The van der Waals surface area contributed by atoms with Crippen molar-refractivity contribution in [2.75, 3.05) is 6.61 Å². The molecule has 3 rings (SSSR count). The minimum Gasteiger partial charge on any atom is -0.372 e. The van der Waals surface area contributed by atoms with E-state index in [4.69, 9.17) is 4.74 Å². The van der Waals surface area contributed by atoms with Gasteiger partial charge in [0.1, 0.15) is 10.7 Å². The Labute approximate surface area is 150 Å². The molecule has 2 unspecified atom stereocenters. The van der Waals surface area contributed by atoms with Crippen LogP contribution in [0.4, 0.5) is 13.2 Å². The lowest BCUT2D eigenvalue weighted by Gasteiger charge is -2.29. The molecule has 1 fully saturated rings. The Balaban J connectivity index is 1.70. The Morgan fingerprint density at radius 1 is 1.17 bits per heavy atom. The summed E-state index contributed by atoms with van der Waals surface area (Å²) in [5, 5.41) is 0.202. The molecule has 1 aromatic carbocycles. The molecule has 2 atom stereocenters. The molecular weight excluding hydrogens is 403 g/mol. The number of ether oxygens (including phenoxy) is 1. The van der Waals surface area contributed by atoms with Gasteiger partial charge in [-0.2, -0.15) is 13.2 Å². The number of thioether (sulfide) groups is 1. The molecule has 2 nitrogen and oxygen atoms in total. The second kappa shape index (κ2) is 7.45. The van der Waals surface area contributed by atoms with Gasteiger partial charge in [0.2, 0.25) is 0 Å². The molecule has 128 valence electrons. The smallest absolute Gasteiger partial charge is 0.372 e. The van der Waals surface area contributed by atoms with E-state index < -0.39 is 11.7 Å². The van der Waals surface area contributed by atoms with Crippen LogP contribution in [0.2, 0.25) is 0 Å². The zero-order valence-electron chi connectivity index (χ0n) is 12.6. The lowest BCUT2D eigenvalue weighted by atomic mass is 10.1. The Hall–Kier alpha value is -1.05. The fourth-order valence-electron chi connectivity index (χ4n) is 2.62. The van der Waals surface area contributed by atoms with Crippen molar-refractivity contribution >= 4 is 27.7 Å². The standard InChI is InChI=1S/C17H15BrF3NOS/c18-16-6-2-5-14(22-16)15-10-13(7-8-23-15)24-12-4-1-3-11(9-12)17(19,20)21/h1-6,9,13,15H,7-8,10H2. The van der Waals surface area contributed by atoms with Crippen molar-refractivity contribution in [3.05, 3.63) is 58.3 Å². The molecule has 0 radical (unpaired) electrons. The second-order valence-electron chi connectivity index (χ2n) is 5.53. The van der Waals surface area contributed by atoms with Crippen molar-refractivity contribution in [1.82, 2.24) is 4.98 Å². The van der Waals surface area contributed by atoms with E-state index in [1.165, 1.54) is 23.9 Å². The van der Waals surface area contributed by atoms with Gasteiger partial charge in [-0.05, 0) is 59.1 Å². The predicted octanol–water partition coefficient (Wildman–Crippen LogP) is 5.88. The highest BCUT2D eigenvalue weighted by Gasteiger charge is 2.31. The first-order valence-electron chi connectivity index (χ1n) is 7.50. The molecular formula is C17H15BrF3NOS. The molecule has 1 aliphatic heterocycles. The largest absolute Gasteiger partial charge is 0.416 e. The Bertz CT molecular complexity index is 710. The van der Waals surface area contributed by atoms with Crippen LogP contribution in [0.25, 0.3) is 0 Å². The van der Waals surface area contributed by atoms with Gasteiger partial charge in [0.15, 0.2) is 0 Å². The molecule has 7 heteroatoms. The second-order valence-corrected chi connectivity index (χ2v) is 7.72. The number of hydrogen-bond acceptors (Lipinski definition) is 3. The Kier molecular flexibility index (Phi) is 5.52. The van der Waals surface area contributed by atoms with Crippen molar-refractivity contribution in [3.63, 3.8) is 0 Å². The number of aromatic nitrogens is 1. The summed E-state index contributed by atoms with van der Waals surface area (Å²) < 4.78 is 45.0.